The number of benzene rings is 2. The Morgan fingerprint density at radius 3 is 2.46 bits per heavy atom. The summed E-state index contributed by atoms with van der Waals surface area (Å²) in [4.78, 5) is 23.8. The zero-order valence-electron chi connectivity index (χ0n) is 13.9. The van der Waals surface area contributed by atoms with Crippen LogP contribution in [-0.4, -0.2) is 33.2 Å². The first-order chi connectivity index (χ1) is 12.3. The molecule has 0 aliphatic rings. The number of sulfone groups is 1. The molecule has 1 N–H and O–H groups in total. The molecule has 0 aliphatic carbocycles. The van der Waals surface area contributed by atoms with Crippen LogP contribution in [0.5, 0.6) is 0 Å². The predicted octanol–water partition coefficient (Wildman–Crippen LogP) is 1.90. The summed E-state index contributed by atoms with van der Waals surface area (Å²) in [7, 11) is -3.16. The van der Waals surface area contributed by atoms with Gasteiger partial charge >= 0.3 is 5.97 Å². The second kappa shape index (κ2) is 8.27. The van der Waals surface area contributed by atoms with E-state index in [1.807, 2.05) is 6.07 Å². The van der Waals surface area contributed by atoms with Crippen LogP contribution in [0.3, 0.4) is 0 Å². The van der Waals surface area contributed by atoms with E-state index >= 15 is 0 Å². The molecule has 8 heteroatoms. The van der Waals surface area contributed by atoms with Crippen molar-refractivity contribution in [1.29, 1.82) is 5.26 Å². The third-order valence-electron chi connectivity index (χ3n) is 3.23. The van der Waals surface area contributed by atoms with Gasteiger partial charge in [0.15, 0.2) is 16.4 Å². The minimum Gasteiger partial charge on any atom is -0.452 e. The zero-order chi connectivity index (χ0) is 19.2. The number of carbonyl (C=O) groups is 2. The van der Waals surface area contributed by atoms with E-state index in [9.17, 15) is 18.0 Å². The minimum absolute atomic E-state index is 0.119. The lowest BCUT2D eigenvalue weighted by molar-refractivity contribution is -0.119. The Morgan fingerprint density at radius 1 is 1.15 bits per heavy atom. The van der Waals surface area contributed by atoms with Crippen molar-refractivity contribution in [3.05, 3.63) is 65.2 Å². The maximum absolute atomic E-state index is 11.9. The summed E-state index contributed by atoms with van der Waals surface area (Å²) in [5.74, 6) is -1.36. The van der Waals surface area contributed by atoms with Crippen LogP contribution in [-0.2, 0) is 25.1 Å². The number of nitriles is 1. The van der Waals surface area contributed by atoms with Crippen LogP contribution in [0.15, 0.2) is 48.5 Å². The third kappa shape index (κ3) is 6.03. The number of rotatable bonds is 6. The van der Waals surface area contributed by atoms with Crippen molar-refractivity contribution in [3.8, 4) is 6.07 Å². The van der Waals surface area contributed by atoms with E-state index in [1.165, 1.54) is 30.3 Å². The monoisotopic (exact) mass is 372 g/mol. The highest BCUT2D eigenvalue weighted by atomic mass is 32.2. The molecule has 0 aromatic heterocycles. The van der Waals surface area contributed by atoms with Crippen LogP contribution in [0, 0.1) is 11.3 Å². The summed E-state index contributed by atoms with van der Waals surface area (Å²) in [6.07, 6.45) is 1.13. The normalized spacial score (nSPS) is 10.6. The quantitative estimate of drug-likeness (QED) is 0.775. The molecule has 0 bridgehead atoms. The number of hydrogen-bond donors (Lipinski definition) is 1. The zero-order valence-corrected chi connectivity index (χ0v) is 14.7. The fourth-order valence-corrected chi connectivity index (χ4v) is 2.92. The van der Waals surface area contributed by atoms with Gasteiger partial charge in [-0.05, 0) is 35.9 Å². The fourth-order valence-electron chi connectivity index (χ4n) is 2.12. The van der Waals surface area contributed by atoms with Crippen LogP contribution in [0.25, 0.3) is 0 Å². The van der Waals surface area contributed by atoms with Crippen LogP contribution in [0.4, 0.5) is 5.69 Å². The number of nitrogens with zero attached hydrogens (tertiary/aromatic N) is 1. The lowest BCUT2D eigenvalue weighted by Gasteiger charge is -2.07. The van der Waals surface area contributed by atoms with Crippen molar-refractivity contribution in [3.63, 3.8) is 0 Å². The van der Waals surface area contributed by atoms with Gasteiger partial charge in [-0.15, -0.1) is 0 Å². The Morgan fingerprint density at radius 2 is 1.85 bits per heavy atom. The van der Waals surface area contributed by atoms with Gasteiger partial charge in [0.05, 0.1) is 22.9 Å². The Hall–Kier alpha value is -3.18. The Labute approximate surface area is 151 Å². The van der Waals surface area contributed by atoms with Crippen molar-refractivity contribution < 1.29 is 22.7 Å². The maximum atomic E-state index is 11.9. The average Bonchev–Trinajstić information content (AvgIpc) is 2.59. The van der Waals surface area contributed by atoms with Gasteiger partial charge in [0.25, 0.3) is 5.91 Å². The second-order valence-corrected chi connectivity index (χ2v) is 7.72. The number of carbonyl (C=O) groups excluding carboxylic acids is 2. The molecule has 26 heavy (non-hydrogen) atoms. The fraction of sp³-hybridized carbons (Fsp3) is 0.167. The summed E-state index contributed by atoms with van der Waals surface area (Å²) < 4.78 is 27.4. The van der Waals surface area contributed by atoms with E-state index in [1.54, 1.807) is 18.2 Å². The third-order valence-corrected chi connectivity index (χ3v) is 4.09. The number of nitrogens with one attached hydrogen (secondary N) is 1. The molecule has 0 saturated carbocycles. The molecule has 0 spiro atoms. The first kappa shape index (κ1) is 19.1. The summed E-state index contributed by atoms with van der Waals surface area (Å²) >= 11 is 0. The van der Waals surface area contributed by atoms with E-state index in [2.05, 4.69) is 5.32 Å². The lowest BCUT2D eigenvalue weighted by atomic mass is 10.1. The number of esters is 1. The molecule has 2 aromatic rings. The average molecular weight is 372 g/mol. The van der Waals surface area contributed by atoms with Crippen molar-refractivity contribution in [1.82, 2.24) is 0 Å². The van der Waals surface area contributed by atoms with Gasteiger partial charge in [0, 0.05) is 11.9 Å². The Balaban J connectivity index is 1.89. The van der Waals surface area contributed by atoms with E-state index in [0.29, 0.717) is 16.8 Å². The van der Waals surface area contributed by atoms with Crippen LogP contribution in [0.1, 0.15) is 21.5 Å². The molecule has 2 rings (SSSR count). The first-order valence-corrected chi connectivity index (χ1v) is 9.57. The predicted molar refractivity (Wildman–Crippen MR) is 95.1 cm³/mol. The van der Waals surface area contributed by atoms with Crippen molar-refractivity contribution >= 4 is 27.4 Å². The molecule has 0 atom stereocenters. The van der Waals surface area contributed by atoms with Crippen LogP contribution >= 0.6 is 0 Å². The van der Waals surface area contributed by atoms with E-state index in [-0.39, 0.29) is 11.3 Å². The van der Waals surface area contributed by atoms with Crippen molar-refractivity contribution in [2.75, 3.05) is 18.2 Å². The molecule has 0 unspecified atom stereocenters. The first-order valence-electron chi connectivity index (χ1n) is 7.50. The standard InChI is InChI=1S/C18H16N2O5S/c1-26(23,24)12-13-5-7-15(8-6-13)18(22)25-11-17(21)20-16-4-2-3-14(9-16)10-19/h2-9H,11-12H2,1H3,(H,20,21). The van der Waals surface area contributed by atoms with E-state index in [0.717, 1.165) is 6.26 Å². The number of ether oxygens (including phenoxy) is 1. The molecule has 134 valence electrons. The van der Waals surface area contributed by atoms with E-state index in [4.69, 9.17) is 10.00 Å². The highest BCUT2D eigenvalue weighted by Crippen LogP contribution is 2.11. The molecule has 2 aromatic carbocycles. The maximum Gasteiger partial charge on any atom is 0.338 e. The molecular formula is C18H16N2O5S. The smallest absolute Gasteiger partial charge is 0.338 e. The van der Waals surface area contributed by atoms with Gasteiger partial charge in [-0.3, -0.25) is 4.79 Å². The van der Waals surface area contributed by atoms with Gasteiger partial charge in [-0.25, -0.2) is 13.2 Å². The minimum atomic E-state index is -3.16. The number of hydrogen-bond acceptors (Lipinski definition) is 6. The van der Waals surface area contributed by atoms with Crippen molar-refractivity contribution in [2.24, 2.45) is 0 Å². The molecule has 0 aliphatic heterocycles. The molecule has 1 amide bonds. The Bertz CT molecular complexity index is 960. The highest BCUT2D eigenvalue weighted by molar-refractivity contribution is 7.89. The summed E-state index contributed by atoms with van der Waals surface area (Å²) in [6.45, 7) is -0.485. The SMILES string of the molecule is CS(=O)(=O)Cc1ccc(C(=O)OCC(=O)Nc2cccc(C#N)c2)cc1. The second-order valence-electron chi connectivity index (χ2n) is 5.58. The summed E-state index contributed by atoms with van der Waals surface area (Å²) in [5.41, 5.74) is 1.59. The largest absolute Gasteiger partial charge is 0.452 e. The molecule has 0 heterocycles. The number of amides is 1. The van der Waals surface area contributed by atoms with Gasteiger partial charge in [-0.2, -0.15) is 5.26 Å². The number of anilines is 1. The van der Waals surface area contributed by atoms with Gasteiger partial charge < -0.3 is 10.1 Å². The molecule has 0 fully saturated rings. The highest BCUT2D eigenvalue weighted by Gasteiger charge is 2.11. The molecular weight excluding hydrogens is 356 g/mol. The molecule has 0 radical (unpaired) electrons. The van der Waals surface area contributed by atoms with Gasteiger partial charge in [-0.1, -0.05) is 18.2 Å². The topological polar surface area (TPSA) is 113 Å². The van der Waals surface area contributed by atoms with E-state index < -0.39 is 28.3 Å². The van der Waals surface area contributed by atoms with Gasteiger partial charge in [0.1, 0.15) is 0 Å². The molecule has 0 saturated heterocycles. The van der Waals surface area contributed by atoms with Crippen molar-refractivity contribution in [2.45, 2.75) is 5.75 Å². The van der Waals surface area contributed by atoms with Crippen LogP contribution in [0.2, 0.25) is 0 Å². The van der Waals surface area contributed by atoms with Gasteiger partial charge in [0.2, 0.25) is 0 Å². The lowest BCUT2D eigenvalue weighted by Crippen LogP contribution is -2.21. The van der Waals surface area contributed by atoms with Crippen LogP contribution < -0.4 is 5.32 Å². The summed E-state index contributed by atoms with van der Waals surface area (Å²) in [5, 5.41) is 11.3. The summed E-state index contributed by atoms with van der Waals surface area (Å²) in [6, 6.07) is 14.2. The molecule has 7 nitrogen and oxygen atoms in total. The Kier molecular flexibility index (Phi) is 6.09.